The first-order valence-electron chi connectivity index (χ1n) is 6.89. The minimum Gasteiger partial charge on any atom is -0.300 e. The lowest BCUT2D eigenvalue weighted by molar-refractivity contribution is -0.384. The summed E-state index contributed by atoms with van der Waals surface area (Å²) in [7, 11) is 0. The van der Waals surface area contributed by atoms with E-state index in [4.69, 9.17) is 0 Å². The van der Waals surface area contributed by atoms with E-state index in [1.54, 1.807) is 24.5 Å². The van der Waals surface area contributed by atoms with Crippen LogP contribution in [0.15, 0.2) is 48.8 Å². The number of carbonyl (C=O) groups excluding carboxylic acids is 1. The highest BCUT2D eigenvalue weighted by Crippen LogP contribution is 2.25. The zero-order chi connectivity index (χ0) is 16.9. The standard InChI is InChI=1S/C15H11N5O3S/c21-13(9-10-1-3-12(4-2-10)20(22)23)17-15-19-18-14(24-15)11-5-7-16-8-6-11/h1-8H,9H2,(H,17,19,21). The van der Waals surface area contributed by atoms with Gasteiger partial charge in [0, 0.05) is 30.1 Å². The van der Waals surface area contributed by atoms with Gasteiger partial charge in [0.1, 0.15) is 5.01 Å². The van der Waals surface area contributed by atoms with Crippen LogP contribution < -0.4 is 5.32 Å². The highest BCUT2D eigenvalue weighted by molar-refractivity contribution is 7.18. The number of carbonyl (C=O) groups is 1. The van der Waals surface area contributed by atoms with Gasteiger partial charge in [0.2, 0.25) is 11.0 Å². The fraction of sp³-hybridized carbons (Fsp3) is 0.0667. The van der Waals surface area contributed by atoms with Crippen molar-refractivity contribution in [2.45, 2.75) is 6.42 Å². The average Bonchev–Trinajstić information content (AvgIpc) is 3.04. The van der Waals surface area contributed by atoms with E-state index in [9.17, 15) is 14.9 Å². The summed E-state index contributed by atoms with van der Waals surface area (Å²) in [4.78, 5) is 26.1. The number of aromatic nitrogens is 3. The summed E-state index contributed by atoms with van der Waals surface area (Å²) >= 11 is 1.26. The molecule has 0 aliphatic rings. The van der Waals surface area contributed by atoms with E-state index >= 15 is 0 Å². The topological polar surface area (TPSA) is 111 Å². The van der Waals surface area contributed by atoms with Crippen molar-refractivity contribution in [3.8, 4) is 10.6 Å². The fourth-order valence-electron chi connectivity index (χ4n) is 1.97. The van der Waals surface area contributed by atoms with Crippen LogP contribution in [-0.4, -0.2) is 26.0 Å². The van der Waals surface area contributed by atoms with Gasteiger partial charge in [0.25, 0.3) is 5.69 Å². The number of anilines is 1. The number of pyridine rings is 1. The van der Waals surface area contributed by atoms with E-state index in [-0.39, 0.29) is 18.0 Å². The average molecular weight is 341 g/mol. The predicted molar refractivity (Wildman–Crippen MR) is 88.6 cm³/mol. The SMILES string of the molecule is O=C(Cc1ccc([N+](=O)[O-])cc1)Nc1nnc(-c2ccncc2)s1. The molecule has 8 nitrogen and oxygen atoms in total. The van der Waals surface area contributed by atoms with Crippen molar-refractivity contribution >= 4 is 28.1 Å². The first kappa shape index (κ1) is 15.7. The highest BCUT2D eigenvalue weighted by atomic mass is 32.1. The Morgan fingerprint density at radius 1 is 1.12 bits per heavy atom. The third-order valence-electron chi connectivity index (χ3n) is 3.11. The molecule has 2 heterocycles. The Morgan fingerprint density at radius 2 is 1.83 bits per heavy atom. The van der Waals surface area contributed by atoms with Crippen molar-refractivity contribution in [1.29, 1.82) is 0 Å². The van der Waals surface area contributed by atoms with Crippen LogP contribution in [0.25, 0.3) is 10.6 Å². The number of nitro benzene ring substituents is 1. The minimum absolute atomic E-state index is 0.00901. The van der Waals surface area contributed by atoms with Gasteiger partial charge in [-0.05, 0) is 17.7 Å². The molecule has 0 atom stereocenters. The van der Waals surface area contributed by atoms with Crippen LogP contribution >= 0.6 is 11.3 Å². The second-order valence-corrected chi connectivity index (χ2v) is 5.77. The van der Waals surface area contributed by atoms with Crippen LogP contribution in [0.3, 0.4) is 0 Å². The number of amides is 1. The van der Waals surface area contributed by atoms with Crippen molar-refractivity contribution in [1.82, 2.24) is 15.2 Å². The van der Waals surface area contributed by atoms with Crippen LogP contribution in [0.5, 0.6) is 0 Å². The summed E-state index contributed by atoms with van der Waals surface area (Å²) in [5.74, 6) is -0.263. The number of rotatable bonds is 5. The molecule has 0 saturated heterocycles. The monoisotopic (exact) mass is 341 g/mol. The maximum atomic E-state index is 12.0. The molecule has 0 spiro atoms. The van der Waals surface area contributed by atoms with Gasteiger partial charge in [0.05, 0.1) is 11.3 Å². The van der Waals surface area contributed by atoms with Crippen molar-refractivity contribution in [2.75, 3.05) is 5.32 Å². The van der Waals surface area contributed by atoms with Crippen molar-refractivity contribution < 1.29 is 9.72 Å². The summed E-state index contributed by atoms with van der Waals surface area (Å²) < 4.78 is 0. The molecule has 24 heavy (non-hydrogen) atoms. The molecular weight excluding hydrogens is 330 g/mol. The first-order valence-corrected chi connectivity index (χ1v) is 7.70. The van der Waals surface area contributed by atoms with Crippen molar-refractivity contribution in [3.63, 3.8) is 0 Å². The molecule has 3 aromatic rings. The largest absolute Gasteiger partial charge is 0.300 e. The van der Waals surface area contributed by atoms with Crippen LogP contribution in [-0.2, 0) is 11.2 Å². The quantitative estimate of drug-likeness (QED) is 0.564. The lowest BCUT2D eigenvalue weighted by atomic mass is 10.1. The van der Waals surface area contributed by atoms with Gasteiger partial charge in [-0.3, -0.25) is 19.9 Å². The molecular formula is C15H11N5O3S. The molecule has 0 unspecified atom stereocenters. The predicted octanol–water partition coefficient (Wildman–Crippen LogP) is 2.69. The molecule has 9 heteroatoms. The van der Waals surface area contributed by atoms with E-state index in [2.05, 4.69) is 20.5 Å². The molecule has 1 N–H and O–H groups in total. The van der Waals surface area contributed by atoms with E-state index in [0.29, 0.717) is 15.7 Å². The summed E-state index contributed by atoms with van der Waals surface area (Å²) in [5, 5.41) is 22.3. The first-order chi connectivity index (χ1) is 11.6. The van der Waals surface area contributed by atoms with Crippen LogP contribution in [0, 0.1) is 10.1 Å². The van der Waals surface area contributed by atoms with Crippen LogP contribution in [0.2, 0.25) is 0 Å². The van der Waals surface area contributed by atoms with Crippen LogP contribution in [0.1, 0.15) is 5.56 Å². The second-order valence-electron chi connectivity index (χ2n) is 4.80. The van der Waals surface area contributed by atoms with Crippen molar-refractivity contribution in [3.05, 3.63) is 64.5 Å². The molecule has 0 aliphatic carbocycles. The van der Waals surface area contributed by atoms with Gasteiger partial charge in [-0.1, -0.05) is 23.5 Å². The third kappa shape index (κ3) is 3.76. The maximum absolute atomic E-state index is 12.0. The number of hydrogen-bond donors (Lipinski definition) is 1. The molecule has 2 aromatic heterocycles. The Balaban J connectivity index is 1.63. The molecule has 3 rings (SSSR count). The molecule has 0 saturated carbocycles. The zero-order valence-corrected chi connectivity index (χ0v) is 13.1. The number of hydrogen-bond acceptors (Lipinski definition) is 7. The fourth-order valence-corrected chi connectivity index (χ4v) is 2.73. The Morgan fingerprint density at radius 3 is 2.50 bits per heavy atom. The second kappa shape index (κ2) is 6.92. The van der Waals surface area contributed by atoms with Crippen LogP contribution in [0.4, 0.5) is 10.8 Å². The van der Waals surface area contributed by atoms with Gasteiger partial charge < -0.3 is 5.32 Å². The molecule has 1 aromatic carbocycles. The maximum Gasteiger partial charge on any atom is 0.269 e. The van der Waals surface area contributed by atoms with Gasteiger partial charge in [-0.25, -0.2) is 0 Å². The molecule has 0 radical (unpaired) electrons. The molecule has 0 bridgehead atoms. The number of nitrogens with zero attached hydrogens (tertiary/aromatic N) is 4. The third-order valence-corrected chi connectivity index (χ3v) is 4.00. The van der Waals surface area contributed by atoms with E-state index in [1.807, 2.05) is 12.1 Å². The summed E-state index contributed by atoms with van der Waals surface area (Å²) in [6.45, 7) is 0. The number of non-ortho nitro benzene ring substituents is 1. The summed E-state index contributed by atoms with van der Waals surface area (Å²) in [5.41, 5.74) is 1.54. The molecule has 0 fully saturated rings. The Kier molecular flexibility index (Phi) is 4.52. The number of benzene rings is 1. The van der Waals surface area contributed by atoms with Gasteiger partial charge in [-0.2, -0.15) is 0 Å². The smallest absolute Gasteiger partial charge is 0.269 e. The molecule has 0 aliphatic heterocycles. The van der Waals surface area contributed by atoms with Gasteiger partial charge in [-0.15, -0.1) is 10.2 Å². The molecule has 1 amide bonds. The Bertz CT molecular complexity index is 864. The lowest BCUT2D eigenvalue weighted by Crippen LogP contribution is -2.14. The van der Waals surface area contributed by atoms with E-state index < -0.39 is 4.92 Å². The molecule has 120 valence electrons. The lowest BCUT2D eigenvalue weighted by Gasteiger charge is -2.01. The van der Waals surface area contributed by atoms with Gasteiger partial charge in [0.15, 0.2) is 0 Å². The van der Waals surface area contributed by atoms with Gasteiger partial charge >= 0.3 is 0 Å². The summed E-state index contributed by atoms with van der Waals surface area (Å²) in [6, 6.07) is 9.47. The highest BCUT2D eigenvalue weighted by Gasteiger charge is 2.11. The minimum atomic E-state index is -0.480. The van der Waals surface area contributed by atoms with Crippen molar-refractivity contribution in [2.24, 2.45) is 0 Å². The Labute approximate surface area is 140 Å². The summed E-state index contributed by atoms with van der Waals surface area (Å²) in [6.07, 6.45) is 3.41. The normalized spacial score (nSPS) is 10.3. The van der Waals surface area contributed by atoms with E-state index in [1.165, 1.54) is 23.5 Å². The van der Waals surface area contributed by atoms with E-state index in [0.717, 1.165) is 5.56 Å². The number of nitrogens with one attached hydrogen (secondary N) is 1. The zero-order valence-electron chi connectivity index (χ0n) is 12.2. The Hall–Kier alpha value is -3.20. The number of nitro groups is 1.